The summed E-state index contributed by atoms with van der Waals surface area (Å²) in [5.74, 6) is -0.276. The Morgan fingerprint density at radius 2 is 1.62 bits per heavy atom. The summed E-state index contributed by atoms with van der Waals surface area (Å²) in [5.41, 5.74) is 1.37. The van der Waals surface area contributed by atoms with Crippen LogP contribution in [0.5, 0.6) is 11.5 Å². The minimum atomic E-state index is -0.867. The molecule has 1 aromatic heterocycles. The van der Waals surface area contributed by atoms with Crippen molar-refractivity contribution < 1.29 is 33.0 Å². The van der Waals surface area contributed by atoms with Gasteiger partial charge in [0.25, 0.3) is 0 Å². The second-order valence-corrected chi connectivity index (χ2v) is 9.68. The molecule has 9 heteroatoms. The Morgan fingerprint density at radius 3 is 2.31 bits per heavy atom. The molecule has 0 N–H and O–H groups in total. The third-order valence-corrected chi connectivity index (χ3v) is 6.75. The highest BCUT2D eigenvalue weighted by atomic mass is 16.6. The molecule has 0 saturated carbocycles. The molecule has 0 spiro atoms. The molecule has 1 aliphatic heterocycles. The van der Waals surface area contributed by atoms with Gasteiger partial charge in [-0.25, -0.2) is 14.4 Å². The van der Waals surface area contributed by atoms with E-state index in [1.54, 1.807) is 30.9 Å². The summed E-state index contributed by atoms with van der Waals surface area (Å²) in [5, 5.41) is 0.434. The molecule has 1 aliphatic rings. The van der Waals surface area contributed by atoms with Crippen LogP contribution in [0.3, 0.4) is 0 Å². The lowest BCUT2D eigenvalue weighted by Gasteiger charge is -2.29. The molecule has 9 nitrogen and oxygen atoms in total. The monoisotopic (exact) mass is 569 g/mol. The van der Waals surface area contributed by atoms with Crippen LogP contribution in [0.15, 0.2) is 94.2 Å². The predicted molar refractivity (Wildman–Crippen MR) is 156 cm³/mol. The SMILES string of the molecule is CCOC(=O)c1c(OCc2ccccc2)c2ccc(O[C@@H]3C=CCN(C(=O)OCc4ccccc4)C3)c(C)c2oc1=O. The van der Waals surface area contributed by atoms with Crippen LogP contribution in [0.1, 0.15) is 34.0 Å². The molecule has 4 aromatic rings. The third-order valence-electron chi connectivity index (χ3n) is 6.75. The molecular formula is C33H31NO8. The molecule has 0 fully saturated rings. The zero-order chi connectivity index (χ0) is 29.5. The van der Waals surface area contributed by atoms with Crippen molar-refractivity contribution in [2.24, 2.45) is 0 Å². The first-order valence-electron chi connectivity index (χ1n) is 13.7. The number of aryl methyl sites for hydroxylation is 1. The number of benzene rings is 3. The zero-order valence-corrected chi connectivity index (χ0v) is 23.4. The van der Waals surface area contributed by atoms with Crippen molar-refractivity contribution in [2.75, 3.05) is 19.7 Å². The third kappa shape index (κ3) is 6.46. The van der Waals surface area contributed by atoms with E-state index in [0.717, 1.165) is 11.1 Å². The van der Waals surface area contributed by atoms with Crippen molar-refractivity contribution >= 4 is 23.0 Å². The fraction of sp³-hybridized carbons (Fsp3) is 0.242. The van der Waals surface area contributed by atoms with Crippen LogP contribution in [-0.4, -0.2) is 42.8 Å². The van der Waals surface area contributed by atoms with E-state index >= 15 is 0 Å². The Morgan fingerprint density at radius 1 is 0.929 bits per heavy atom. The summed E-state index contributed by atoms with van der Waals surface area (Å²) in [6.45, 7) is 4.48. The topological polar surface area (TPSA) is 105 Å². The second-order valence-electron chi connectivity index (χ2n) is 9.68. The number of nitrogens with zero attached hydrogens (tertiary/aromatic N) is 1. The summed E-state index contributed by atoms with van der Waals surface area (Å²) < 4.78 is 28.5. The highest BCUT2D eigenvalue weighted by Crippen LogP contribution is 2.35. The number of rotatable bonds is 9. The van der Waals surface area contributed by atoms with Crippen molar-refractivity contribution in [2.45, 2.75) is 33.2 Å². The van der Waals surface area contributed by atoms with E-state index in [1.807, 2.05) is 72.8 Å². The smallest absolute Gasteiger partial charge is 0.410 e. The van der Waals surface area contributed by atoms with Crippen LogP contribution in [0.2, 0.25) is 0 Å². The van der Waals surface area contributed by atoms with Gasteiger partial charge in [-0.05, 0) is 43.2 Å². The molecule has 0 radical (unpaired) electrons. The molecule has 1 amide bonds. The molecule has 0 saturated heterocycles. The normalized spacial score (nSPS) is 14.4. The van der Waals surface area contributed by atoms with Crippen LogP contribution in [-0.2, 0) is 22.7 Å². The van der Waals surface area contributed by atoms with E-state index < -0.39 is 23.8 Å². The van der Waals surface area contributed by atoms with Gasteiger partial charge in [0.05, 0.1) is 18.5 Å². The van der Waals surface area contributed by atoms with E-state index in [1.165, 1.54) is 0 Å². The lowest BCUT2D eigenvalue weighted by Crippen LogP contribution is -2.42. The van der Waals surface area contributed by atoms with Crippen molar-refractivity contribution in [3.63, 3.8) is 0 Å². The summed E-state index contributed by atoms with van der Waals surface area (Å²) in [4.78, 5) is 40.0. The molecule has 1 atom stereocenters. The van der Waals surface area contributed by atoms with Crippen LogP contribution in [0, 0.1) is 6.92 Å². The van der Waals surface area contributed by atoms with Gasteiger partial charge in [-0.15, -0.1) is 0 Å². The summed E-state index contributed by atoms with van der Waals surface area (Å²) in [6, 6.07) is 22.3. The number of esters is 1. The molecule has 216 valence electrons. The molecule has 42 heavy (non-hydrogen) atoms. The van der Waals surface area contributed by atoms with Gasteiger partial charge < -0.3 is 28.3 Å². The number of fused-ring (bicyclic) bond motifs is 1. The van der Waals surface area contributed by atoms with E-state index in [9.17, 15) is 14.4 Å². The van der Waals surface area contributed by atoms with E-state index in [4.69, 9.17) is 23.4 Å². The summed E-state index contributed by atoms with van der Waals surface area (Å²) in [7, 11) is 0. The van der Waals surface area contributed by atoms with E-state index in [-0.39, 0.29) is 43.3 Å². The predicted octanol–water partition coefficient (Wildman–Crippen LogP) is 5.81. The average molecular weight is 570 g/mol. The Labute approximate surface area is 242 Å². The van der Waals surface area contributed by atoms with Crippen molar-refractivity contribution in [3.8, 4) is 11.5 Å². The molecule has 3 aromatic carbocycles. The Hall–Kier alpha value is -5.05. The molecule has 0 aliphatic carbocycles. The Balaban J connectivity index is 1.37. The second kappa shape index (κ2) is 13.1. The Bertz CT molecular complexity index is 1650. The first-order chi connectivity index (χ1) is 20.4. The number of ether oxygens (including phenoxy) is 4. The summed E-state index contributed by atoms with van der Waals surface area (Å²) >= 11 is 0. The van der Waals surface area contributed by atoms with Gasteiger partial charge in [-0.1, -0.05) is 66.7 Å². The number of amides is 1. The van der Waals surface area contributed by atoms with Crippen molar-refractivity contribution in [1.29, 1.82) is 0 Å². The van der Waals surface area contributed by atoms with Crippen LogP contribution >= 0.6 is 0 Å². The lowest BCUT2D eigenvalue weighted by molar-refractivity contribution is 0.0516. The minimum Gasteiger partial charge on any atom is -0.487 e. The maximum Gasteiger partial charge on any atom is 0.410 e. The van der Waals surface area contributed by atoms with Gasteiger partial charge in [0.15, 0.2) is 11.3 Å². The standard InChI is InChI=1S/C33H31NO8/c1-3-38-31(35)28-30(39-20-23-11-6-4-7-12-23)26-16-17-27(22(2)29(26)42-32(28)36)41-25-15-10-18-34(19-25)33(37)40-21-24-13-8-5-9-14-24/h4-17,25H,3,18-21H2,1-2H3/t25-/m1/s1. The van der Waals surface area contributed by atoms with E-state index in [0.29, 0.717) is 23.2 Å². The number of carbonyl (C=O) groups is 2. The zero-order valence-electron chi connectivity index (χ0n) is 23.4. The minimum absolute atomic E-state index is 0.0862. The highest BCUT2D eigenvalue weighted by molar-refractivity contribution is 5.99. The van der Waals surface area contributed by atoms with Gasteiger partial charge in [-0.3, -0.25) is 0 Å². The van der Waals surface area contributed by atoms with Gasteiger partial charge in [-0.2, -0.15) is 0 Å². The van der Waals surface area contributed by atoms with Gasteiger partial charge in [0, 0.05) is 12.1 Å². The fourth-order valence-corrected chi connectivity index (χ4v) is 4.63. The largest absolute Gasteiger partial charge is 0.487 e. The number of hydrogen-bond acceptors (Lipinski definition) is 8. The first-order valence-corrected chi connectivity index (χ1v) is 13.7. The molecule has 0 bridgehead atoms. The highest BCUT2D eigenvalue weighted by Gasteiger charge is 2.27. The summed E-state index contributed by atoms with van der Waals surface area (Å²) in [6.07, 6.45) is 2.82. The molecule has 2 heterocycles. The van der Waals surface area contributed by atoms with Crippen molar-refractivity contribution in [3.05, 3.63) is 118 Å². The first kappa shape index (κ1) is 28.5. The average Bonchev–Trinajstić information content (AvgIpc) is 3.01. The van der Waals surface area contributed by atoms with E-state index in [2.05, 4.69) is 0 Å². The lowest BCUT2D eigenvalue weighted by atomic mass is 10.1. The fourth-order valence-electron chi connectivity index (χ4n) is 4.63. The quantitative estimate of drug-likeness (QED) is 0.141. The Kier molecular flexibility index (Phi) is 8.87. The van der Waals surface area contributed by atoms with Crippen LogP contribution in [0.25, 0.3) is 11.0 Å². The van der Waals surface area contributed by atoms with Gasteiger partial charge in [0.2, 0.25) is 0 Å². The van der Waals surface area contributed by atoms with Crippen molar-refractivity contribution in [1.82, 2.24) is 4.90 Å². The molecular weight excluding hydrogens is 538 g/mol. The maximum absolute atomic E-state index is 13.1. The van der Waals surface area contributed by atoms with Crippen LogP contribution in [0.4, 0.5) is 4.79 Å². The van der Waals surface area contributed by atoms with Gasteiger partial charge >= 0.3 is 17.7 Å². The van der Waals surface area contributed by atoms with Gasteiger partial charge in [0.1, 0.15) is 30.7 Å². The maximum atomic E-state index is 13.1. The molecule has 5 rings (SSSR count). The number of hydrogen-bond donors (Lipinski definition) is 0. The number of carbonyl (C=O) groups excluding carboxylic acids is 2. The van der Waals surface area contributed by atoms with Crippen LogP contribution < -0.4 is 15.1 Å². The molecule has 0 unspecified atom stereocenters.